The largest absolute Gasteiger partial charge is 0.382 e. The zero-order chi connectivity index (χ0) is 10.6. The molecule has 0 spiro atoms. The second kappa shape index (κ2) is 4.71. The smallest absolute Gasteiger partial charge is 0.164 e. The number of rotatable bonds is 5. The Morgan fingerprint density at radius 1 is 1.64 bits per heavy atom. The first kappa shape index (κ1) is 11.4. The van der Waals surface area contributed by atoms with Gasteiger partial charge in [0.25, 0.3) is 0 Å². The lowest BCUT2D eigenvalue weighted by atomic mass is 9.94. The van der Waals surface area contributed by atoms with E-state index in [4.69, 9.17) is 0 Å². The van der Waals surface area contributed by atoms with Crippen molar-refractivity contribution in [2.45, 2.75) is 38.7 Å². The van der Waals surface area contributed by atoms with Gasteiger partial charge in [-0.3, -0.25) is 4.79 Å². The van der Waals surface area contributed by atoms with Crippen LogP contribution < -0.4 is 0 Å². The van der Waals surface area contributed by atoms with E-state index in [2.05, 4.69) is 0 Å². The monoisotopic (exact) mass is 212 g/mol. The van der Waals surface area contributed by atoms with Crippen LogP contribution in [0.1, 0.15) is 32.3 Å². The van der Waals surface area contributed by atoms with E-state index < -0.39 is 5.60 Å². The number of aliphatic hydroxyl groups is 1. The molecule has 0 aliphatic carbocycles. The molecular weight excluding hydrogens is 196 g/mol. The van der Waals surface area contributed by atoms with Crippen LogP contribution in [0.25, 0.3) is 0 Å². The van der Waals surface area contributed by atoms with Crippen LogP contribution in [0.2, 0.25) is 0 Å². The third-order valence-electron chi connectivity index (χ3n) is 2.51. The number of carbonyl (C=O) groups is 1. The molecule has 0 aromatic carbocycles. The van der Waals surface area contributed by atoms with Crippen molar-refractivity contribution < 1.29 is 9.90 Å². The molecule has 1 rings (SSSR count). The van der Waals surface area contributed by atoms with Crippen LogP contribution in [0.5, 0.6) is 0 Å². The maximum atomic E-state index is 11.5. The van der Waals surface area contributed by atoms with Crippen LogP contribution in [0, 0.1) is 0 Å². The van der Waals surface area contributed by atoms with Crippen LogP contribution >= 0.6 is 11.3 Å². The van der Waals surface area contributed by atoms with Crippen molar-refractivity contribution in [3.63, 3.8) is 0 Å². The zero-order valence-electron chi connectivity index (χ0n) is 8.62. The van der Waals surface area contributed by atoms with Gasteiger partial charge in [-0.15, -0.1) is 0 Å². The van der Waals surface area contributed by atoms with Gasteiger partial charge < -0.3 is 5.11 Å². The normalized spacial score (nSPS) is 15.1. The fraction of sp³-hybridized carbons (Fsp3) is 0.545. The standard InChI is InChI=1S/C11H16O2S/c1-3-11(2,13)10(12)5-4-9-6-7-14-8-9/h6-8,13H,3-5H2,1-2H3. The van der Waals surface area contributed by atoms with Gasteiger partial charge in [0.15, 0.2) is 5.78 Å². The fourth-order valence-electron chi connectivity index (χ4n) is 1.16. The quantitative estimate of drug-likeness (QED) is 0.813. The van der Waals surface area contributed by atoms with Gasteiger partial charge in [0, 0.05) is 6.42 Å². The van der Waals surface area contributed by atoms with Crippen LogP contribution in [-0.4, -0.2) is 16.5 Å². The highest BCUT2D eigenvalue weighted by atomic mass is 32.1. The molecule has 0 saturated carbocycles. The Hall–Kier alpha value is -0.670. The molecule has 2 nitrogen and oxygen atoms in total. The first-order valence-electron chi connectivity index (χ1n) is 4.83. The van der Waals surface area contributed by atoms with Gasteiger partial charge in [-0.25, -0.2) is 0 Å². The molecule has 3 heteroatoms. The molecule has 0 aliphatic heterocycles. The number of carbonyl (C=O) groups excluding carboxylic acids is 1. The number of ketones is 1. The molecule has 1 aromatic rings. The average Bonchev–Trinajstić information content (AvgIpc) is 2.66. The summed E-state index contributed by atoms with van der Waals surface area (Å²) in [6, 6.07) is 2.01. The molecule has 1 unspecified atom stereocenters. The molecular formula is C11H16O2S. The zero-order valence-corrected chi connectivity index (χ0v) is 9.43. The van der Waals surface area contributed by atoms with Crippen molar-refractivity contribution in [2.24, 2.45) is 0 Å². The maximum Gasteiger partial charge on any atom is 0.164 e. The van der Waals surface area contributed by atoms with Gasteiger partial charge in [0.2, 0.25) is 0 Å². The third-order valence-corrected chi connectivity index (χ3v) is 3.24. The summed E-state index contributed by atoms with van der Waals surface area (Å²) in [4.78, 5) is 11.5. The molecule has 0 aliphatic rings. The second-order valence-electron chi connectivity index (χ2n) is 3.68. The highest BCUT2D eigenvalue weighted by molar-refractivity contribution is 7.07. The third kappa shape index (κ3) is 2.93. The van der Waals surface area contributed by atoms with Crippen molar-refractivity contribution in [2.75, 3.05) is 0 Å². The number of thiophene rings is 1. The molecule has 0 amide bonds. The van der Waals surface area contributed by atoms with Gasteiger partial charge >= 0.3 is 0 Å². The Bertz CT molecular complexity index is 288. The number of hydrogen-bond acceptors (Lipinski definition) is 3. The van der Waals surface area contributed by atoms with Crippen molar-refractivity contribution >= 4 is 17.1 Å². The summed E-state index contributed by atoms with van der Waals surface area (Å²) in [7, 11) is 0. The number of Topliss-reactive ketones (excluding diaryl/α,β-unsaturated/α-hetero) is 1. The minimum absolute atomic E-state index is 0.0637. The van der Waals surface area contributed by atoms with Crippen molar-refractivity contribution in [1.82, 2.24) is 0 Å². The van der Waals surface area contributed by atoms with Crippen LogP contribution in [0.3, 0.4) is 0 Å². The molecule has 78 valence electrons. The molecule has 0 fully saturated rings. The van der Waals surface area contributed by atoms with E-state index in [1.165, 1.54) is 5.56 Å². The Morgan fingerprint density at radius 2 is 2.36 bits per heavy atom. The Labute approximate surface area is 88.6 Å². The molecule has 14 heavy (non-hydrogen) atoms. The van der Waals surface area contributed by atoms with E-state index in [1.807, 2.05) is 23.8 Å². The molecule has 0 radical (unpaired) electrons. The SMILES string of the molecule is CCC(C)(O)C(=O)CCc1ccsc1. The molecule has 1 atom stereocenters. The van der Waals surface area contributed by atoms with Crippen LogP contribution in [-0.2, 0) is 11.2 Å². The van der Waals surface area contributed by atoms with E-state index in [-0.39, 0.29) is 5.78 Å². The minimum Gasteiger partial charge on any atom is -0.382 e. The van der Waals surface area contributed by atoms with Crippen molar-refractivity contribution in [3.05, 3.63) is 22.4 Å². The minimum atomic E-state index is -1.14. The van der Waals surface area contributed by atoms with E-state index >= 15 is 0 Å². The molecule has 1 heterocycles. The summed E-state index contributed by atoms with van der Waals surface area (Å²) >= 11 is 1.63. The fourth-order valence-corrected chi connectivity index (χ4v) is 1.86. The summed E-state index contributed by atoms with van der Waals surface area (Å²) in [5.74, 6) is -0.0637. The maximum absolute atomic E-state index is 11.5. The molecule has 0 bridgehead atoms. The van der Waals surface area contributed by atoms with E-state index in [0.29, 0.717) is 12.8 Å². The van der Waals surface area contributed by atoms with E-state index in [0.717, 1.165) is 6.42 Å². The van der Waals surface area contributed by atoms with Gasteiger partial charge in [-0.05, 0) is 42.2 Å². The average molecular weight is 212 g/mol. The summed E-state index contributed by atoms with van der Waals surface area (Å²) in [5, 5.41) is 13.7. The summed E-state index contributed by atoms with van der Waals surface area (Å²) in [6.07, 6.45) is 1.64. The highest BCUT2D eigenvalue weighted by Crippen LogP contribution is 2.15. The Kier molecular flexibility index (Phi) is 3.84. The van der Waals surface area contributed by atoms with Crippen LogP contribution in [0.4, 0.5) is 0 Å². The first-order chi connectivity index (χ1) is 6.56. The predicted molar refractivity (Wildman–Crippen MR) is 58.6 cm³/mol. The summed E-state index contributed by atoms with van der Waals surface area (Å²) in [6.45, 7) is 3.41. The lowest BCUT2D eigenvalue weighted by molar-refractivity contribution is -0.135. The lowest BCUT2D eigenvalue weighted by Crippen LogP contribution is -2.34. The topological polar surface area (TPSA) is 37.3 Å². The second-order valence-corrected chi connectivity index (χ2v) is 4.46. The Balaban J connectivity index is 2.43. The van der Waals surface area contributed by atoms with Gasteiger partial charge in [-0.2, -0.15) is 11.3 Å². The first-order valence-corrected chi connectivity index (χ1v) is 5.77. The molecule has 1 N–H and O–H groups in total. The summed E-state index contributed by atoms with van der Waals surface area (Å²) in [5.41, 5.74) is 0.0333. The van der Waals surface area contributed by atoms with Crippen molar-refractivity contribution in [1.29, 1.82) is 0 Å². The highest BCUT2D eigenvalue weighted by Gasteiger charge is 2.26. The van der Waals surface area contributed by atoms with Gasteiger partial charge in [0.05, 0.1) is 0 Å². The summed E-state index contributed by atoms with van der Waals surface area (Å²) < 4.78 is 0. The van der Waals surface area contributed by atoms with Gasteiger partial charge in [-0.1, -0.05) is 6.92 Å². The number of hydrogen-bond donors (Lipinski definition) is 1. The van der Waals surface area contributed by atoms with E-state index in [1.54, 1.807) is 18.3 Å². The van der Waals surface area contributed by atoms with E-state index in [9.17, 15) is 9.90 Å². The van der Waals surface area contributed by atoms with Crippen LogP contribution in [0.15, 0.2) is 16.8 Å². The lowest BCUT2D eigenvalue weighted by Gasteiger charge is -2.19. The van der Waals surface area contributed by atoms with Gasteiger partial charge in [0.1, 0.15) is 5.60 Å². The number of aryl methyl sites for hydroxylation is 1. The molecule has 1 aromatic heterocycles. The molecule has 0 saturated heterocycles. The van der Waals surface area contributed by atoms with Crippen molar-refractivity contribution in [3.8, 4) is 0 Å². The Morgan fingerprint density at radius 3 is 2.86 bits per heavy atom. The predicted octanol–water partition coefficient (Wildman–Crippen LogP) is 2.41.